The lowest BCUT2D eigenvalue weighted by Crippen LogP contribution is -2.56. The van der Waals surface area contributed by atoms with E-state index in [0.717, 1.165) is 36.3 Å². The van der Waals surface area contributed by atoms with E-state index < -0.39 is 0 Å². The number of methoxy groups -OCH3 is 2. The summed E-state index contributed by atoms with van der Waals surface area (Å²) in [6.45, 7) is 0. The molecular weight excluding hydrogens is 444 g/mol. The molecule has 5 aliphatic rings. The number of hydrogen-bond donors (Lipinski definition) is 0. The molecule has 4 heteroatoms. The minimum Gasteiger partial charge on any atom is -0.381 e. The Balaban J connectivity index is 1.24. The SMILES string of the molecule is COC1CCC(N(C2CCCCC2)C2CCC(N(C3CCCCC3)C3CCC(OC)CC3)CC2)CC1. The average molecular weight is 503 g/mol. The van der Waals surface area contributed by atoms with Gasteiger partial charge in [-0.3, -0.25) is 9.80 Å². The van der Waals surface area contributed by atoms with E-state index in [9.17, 15) is 0 Å². The third-order valence-electron chi connectivity index (χ3n) is 11.3. The molecule has 0 aromatic carbocycles. The second-order valence-electron chi connectivity index (χ2n) is 13.3. The molecule has 5 saturated carbocycles. The topological polar surface area (TPSA) is 24.9 Å². The van der Waals surface area contributed by atoms with Crippen molar-refractivity contribution in [1.82, 2.24) is 9.80 Å². The van der Waals surface area contributed by atoms with Gasteiger partial charge in [0.05, 0.1) is 12.2 Å². The van der Waals surface area contributed by atoms with Gasteiger partial charge in [0.2, 0.25) is 0 Å². The van der Waals surface area contributed by atoms with Gasteiger partial charge in [-0.1, -0.05) is 38.5 Å². The van der Waals surface area contributed by atoms with Crippen LogP contribution in [0.5, 0.6) is 0 Å². The molecule has 5 fully saturated rings. The van der Waals surface area contributed by atoms with Crippen molar-refractivity contribution >= 4 is 0 Å². The minimum atomic E-state index is 0.516. The van der Waals surface area contributed by atoms with Crippen LogP contribution in [0.4, 0.5) is 0 Å². The second-order valence-corrected chi connectivity index (χ2v) is 13.3. The molecule has 0 saturated heterocycles. The highest BCUT2D eigenvalue weighted by Gasteiger charge is 2.41. The third kappa shape index (κ3) is 6.69. The first-order valence-electron chi connectivity index (χ1n) is 16.4. The Morgan fingerprint density at radius 1 is 0.333 bits per heavy atom. The Kier molecular flexibility index (Phi) is 10.5. The fourth-order valence-corrected chi connectivity index (χ4v) is 9.36. The van der Waals surface area contributed by atoms with E-state index in [1.807, 2.05) is 14.2 Å². The molecule has 0 aromatic heterocycles. The predicted molar refractivity (Wildman–Crippen MR) is 150 cm³/mol. The minimum absolute atomic E-state index is 0.516. The third-order valence-corrected chi connectivity index (χ3v) is 11.3. The molecule has 0 amide bonds. The number of nitrogens with zero attached hydrogens (tertiary/aromatic N) is 2. The molecule has 0 spiro atoms. The summed E-state index contributed by atoms with van der Waals surface area (Å²) in [6, 6.07) is 5.04. The quantitative estimate of drug-likeness (QED) is 0.343. The zero-order valence-corrected chi connectivity index (χ0v) is 23.9. The Morgan fingerprint density at radius 3 is 0.861 bits per heavy atom. The molecule has 0 unspecified atom stereocenters. The van der Waals surface area contributed by atoms with Gasteiger partial charge in [0.15, 0.2) is 0 Å². The summed E-state index contributed by atoms with van der Waals surface area (Å²) in [5, 5.41) is 0. The Labute approximate surface area is 223 Å². The van der Waals surface area contributed by atoms with Crippen LogP contribution in [0.3, 0.4) is 0 Å². The van der Waals surface area contributed by atoms with Crippen LogP contribution < -0.4 is 0 Å². The molecule has 0 aromatic rings. The van der Waals surface area contributed by atoms with Gasteiger partial charge in [-0.05, 0) is 103 Å². The molecule has 0 N–H and O–H groups in total. The number of hydrogen-bond acceptors (Lipinski definition) is 4. The van der Waals surface area contributed by atoms with Gasteiger partial charge in [-0.25, -0.2) is 0 Å². The molecule has 0 heterocycles. The van der Waals surface area contributed by atoms with E-state index in [4.69, 9.17) is 9.47 Å². The highest BCUT2D eigenvalue weighted by molar-refractivity contribution is 4.96. The standard InChI is InChI=1S/C32H58N2O2/c1-35-31-21-17-29(18-22-31)33(25-9-5-3-6-10-25)27-13-15-28(16-14-27)34(26-11-7-4-8-12-26)30-19-23-32(36-2)24-20-30/h25-32H,3-24H2,1-2H3. The van der Waals surface area contributed by atoms with Crippen molar-refractivity contribution in [2.45, 2.75) is 190 Å². The largest absolute Gasteiger partial charge is 0.381 e. The van der Waals surface area contributed by atoms with E-state index in [0.29, 0.717) is 12.2 Å². The van der Waals surface area contributed by atoms with Crippen molar-refractivity contribution in [3.63, 3.8) is 0 Å². The first-order chi connectivity index (χ1) is 17.8. The lowest BCUT2D eigenvalue weighted by Gasteiger charge is -2.52. The van der Waals surface area contributed by atoms with Crippen LogP contribution in [0.2, 0.25) is 0 Å². The molecule has 0 atom stereocenters. The smallest absolute Gasteiger partial charge is 0.0572 e. The first kappa shape index (κ1) is 27.4. The second kappa shape index (κ2) is 13.8. The summed E-state index contributed by atoms with van der Waals surface area (Å²) in [6.07, 6.45) is 32.0. The highest BCUT2D eigenvalue weighted by atomic mass is 16.5. The molecule has 5 rings (SSSR count). The van der Waals surface area contributed by atoms with Gasteiger partial charge in [0.1, 0.15) is 0 Å². The van der Waals surface area contributed by atoms with Gasteiger partial charge in [-0.2, -0.15) is 0 Å². The Hall–Kier alpha value is -0.160. The van der Waals surface area contributed by atoms with Crippen molar-refractivity contribution in [3.8, 4) is 0 Å². The molecule has 0 bridgehead atoms. The molecule has 0 radical (unpaired) electrons. The van der Waals surface area contributed by atoms with Gasteiger partial charge in [-0.15, -0.1) is 0 Å². The van der Waals surface area contributed by atoms with E-state index in [-0.39, 0.29) is 0 Å². The molecule has 4 nitrogen and oxygen atoms in total. The maximum Gasteiger partial charge on any atom is 0.0572 e. The number of rotatable bonds is 8. The molecule has 208 valence electrons. The normalized spacial score (nSPS) is 38.0. The fraction of sp³-hybridized carbons (Fsp3) is 1.00. The zero-order chi connectivity index (χ0) is 24.7. The van der Waals surface area contributed by atoms with Crippen molar-refractivity contribution in [2.24, 2.45) is 0 Å². The Bertz CT molecular complexity index is 554. The van der Waals surface area contributed by atoms with Crippen LogP contribution in [0, 0.1) is 0 Å². The van der Waals surface area contributed by atoms with Crippen LogP contribution in [0.25, 0.3) is 0 Å². The predicted octanol–water partition coefficient (Wildman–Crippen LogP) is 7.48. The zero-order valence-electron chi connectivity index (χ0n) is 23.9. The summed E-state index contributed by atoms with van der Waals surface area (Å²) >= 11 is 0. The summed E-state index contributed by atoms with van der Waals surface area (Å²) < 4.78 is 11.5. The van der Waals surface area contributed by atoms with Crippen molar-refractivity contribution < 1.29 is 9.47 Å². The average Bonchev–Trinajstić information content (AvgIpc) is 2.96. The maximum absolute atomic E-state index is 5.75. The lowest BCUT2D eigenvalue weighted by atomic mass is 9.80. The monoisotopic (exact) mass is 502 g/mol. The van der Waals surface area contributed by atoms with Crippen LogP contribution in [0.15, 0.2) is 0 Å². The van der Waals surface area contributed by atoms with E-state index in [1.165, 1.54) is 141 Å². The summed E-state index contributed by atoms with van der Waals surface area (Å²) in [5.41, 5.74) is 0. The fourth-order valence-electron chi connectivity index (χ4n) is 9.36. The molecule has 0 aliphatic heterocycles. The van der Waals surface area contributed by atoms with Crippen LogP contribution in [-0.4, -0.2) is 72.5 Å². The van der Waals surface area contributed by atoms with Gasteiger partial charge < -0.3 is 9.47 Å². The van der Waals surface area contributed by atoms with Crippen LogP contribution in [0.1, 0.15) is 141 Å². The highest BCUT2D eigenvalue weighted by Crippen LogP contribution is 2.40. The lowest BCUT2D eigenvalue weighted by molar-refractivity contribution is -0.0377. The van der Waals surface area contributed by atoms with Crippen molar-refractivity contribution in [3.05, 3.63) is 0 Å². The van der Waals surface area contributed by atoms with Crippen LogP contribution in [-0.2, 0) is 9.47 Å². The van der Waals surface area contributed by atoms with Crippen molar-refractivity contribution in [2.75, 3.05) is 14.2 Å². The summed E-state index contributed by atoms with van der Waals surface area (Å²) in [7, 11) is 3.84. The van der Waals surface area contributed by atoms with Crippen molar-refractivity contribution in [1.29, 1.82) is 0 Å². The van der Waals surface area contributed by atoms with Gasteiger partial charge in [0, 0.05) is 50.5 Å². The van der Waals surface area contributed by atoms with E-state index >= 15 is 0 Å². The van der Waals surface area contributed by atoms with E-state index in [2.05, 4.69) is 9.80 Å². The summed E-state index contributed by atoms with van der Waals surface area (Å²) in [5.74, 6) is 0. The summed E-state index contributed by atoms with van der Waals surface area (Å²) in [4.78, 5) is 6.27. The Morgan fingerprint density at radius 2 is 0.583 bits per heavy atom. The molecule has 5 aliphatic carbocycles. The number of ether oxygens (including phenoxy) is 2. The molecule has 36 heavy (non-hydrogen) atoms. The van der Waals surface area contributed by atoms with Gasteiger partial charge in [0.25, 0.3) is 0 Å². The van der Waals surface area contributed by atoms with E-state index in [1.54, 1.807) is 0 Å². The molecular formula is C32H58N2O2. The van der Waals surface area contributed by atoms with Crippen LogP contribution >= 0.6 is 0 Å². The maximum atomic E-state index is 5.75. The van der Waals surface area contributed by atoms with Gasteiger partial charge >= 0.3 is 0 Å². The first-order valence-corrected chi connectivity index (χ1v) is 16.4.